The Hall–Kier alpha value is -0.800. The number of ether oxygens (including phenoxy) is 1. The minimum absolute atomic E-state index is 0.0782. The predicted octanol–water partition coefficient (Wildman–Crippen LogP) is 2.11. The van der Waals surface area contributed by atoms with Crippen LogP contribution >= 0.6 is 11.6 Å². The van der Waals surface area contributed by atoms with Gasteiger partial charge in [0.2, 0.25) is 0 Å². The highest BCUT2D eigenvalue weighted by atomic mass is 35.5. The molecular weight excluding hydrogens is 195 g/mol. The van der Waals surface area contributed by atoms with E-state index in [0.717, 1.165) is 0 Å². The molecule has 2 nitrogen and oxygen atoms in total. The highest BCUT2D eigenvalue weighted by molar-refractivity contribution is 6.18. The molecule has 0 heterocycles. The van der Waals surface area contributed by atoms with E-state index in [-0.39, 0.29) is 11.6 Å². The highest BCUT2D eigenvalue weighted by Crippen LogP contribution is 2.22. The monoisotopic (exact) mass is 204 g/mol. The maximum atomic E-state index is 12.9. The number of hydrogen-bond donors (Lipinski definition) is 1. The van der Waals surface area contributed by atoms with Gasteiger partial charge in [0.1, 0.15) is 0 Å². The number of aliphatic hydroxyl groups is 1. The fourth-order valence-corrected chi connectivity index (χ4v) is 1.15. The van der Waals surface area contributed by atoms with Crippen molar-refractivity contribution in [1.29, 1.82) is 0 Å². The molecule has 0 aliphatic carbocycles. The molecule has 0 saturated carbocycles. The van der Waals surface area contributed by atoms with Gasteiger partial charge in [-0.05, 0) is 17.7 Å². The Kier molecular flexibility index (Phi) is 3.51. The van der Waals surface area contributed by atoms with Crippen LogP contribution in [0.4, 0.5) is 4.39 Å². The van der Waals surface area contributed by atoms with Gasteiger partial charge in [-0.3, -0.25) is 0 Å². The van der Waals surface area contributed by atoms with Gasteiger partial charge in [0.15, 0.2) is 11.6 Å². The Morgan fingerprint density at radius 2 is 2.31 bits per heavy atom. The average Bonchev–Trinajstić information content (AvgIpc) is 2.17. The van der Waals surface area contributed by atoms with Crippen LogP contribution in [-0.4, -0.2) is 18.1 Å². The highest BCUT2D eigenvalue weighted by Gasteiger charge is 2.09. The van der Waals surface area contributed by atoms with E-state index in [4.69, 9.17) is 16.3 Å². The van der Waals surface area contributed by atoms with E-state index in [2.05, 4.69) is 0 Å². The molecule has 0 aromatic heterocycles. The molecule has 0 radical (unpaired) electrons. The molecular formula is C9H10ClFO2. The molecule has 1 N–H and O–H groups in total. The van der Waals surface area contributed by atoms with Crippen LogP contribution in [0, 0.1) is 5.82 Å². The van der Waals surface area contributed by atoms with Gasteiger partial charge in [-0.2, -0.15) is 0 Å². The van der Waals surface area contributed by atoms with Crippen LogP contribution in [0.25, 0.3) is 0 Å². The van der Waals surface area contributed by atoms with E-state index in [1.807, 2.05) is 0 Å². The summed E-state index contributed by atoms with van der Waals surface area (Å²) in [7, 11) is 1.37. The number of methoxy groups -OCH3 is 1. The van der Waals surface area contributed by atoms with E-state index in [0.29, 0.717) is 5.56 Å². The minimum Gasteiger partial charge on any atom is -0.494 e. The van der Waals surface area contributed by atoms with Crippen molar-refractivity contribution in [2.75, 3.05) is 13.0 Å². The van der Waals surface area contributed by atoms with E-state index < -0.39 is 11.9 Å². The summed E-state index contributed by atoms with van der Waals surface area (Å²) < 4.78 is 17.6. The molecule has 0 spiro atoms. The van der Waals surface area contributed by atoms with Crippen molar-refractivity contribution in [3.8, 4) is 5.75 Å². The number of alkyl halides is 1. The van der Waals surface area contributed by atoms with Crippen molar-refractivity contribution >= 4 is 11.6 Å². The Balaban J connectivity index is 2.99. The standard InChI is InChI=1S/C9H10ClFO2/c1-13-9-4-6(8(12)5-10)2-3-7(9)11/h2-4,8,12H,5H2,1H3/t8-/m1/s1. The van der Waals surface area contributed by atoms with E-state index >= 15 is 0 Å². The van der Waals surface area contributed by atoms with Crippen molar-refractivity contribution in [3.63, 3.8) is 0 Å². The smallest absolute Gasteiger partial charge is 0.165 e. The second-order valence-electron chi connectivity index (χ2n) is 2.56. The first-order chi connectivity index (χ1) is 6.19. The molecule has 0 unspecified atom stereocenters. The van der Waals surface area contributed by atoms with Gasteiger partial charge in [0, 0.05) is 0 Å². The lowest BCUT2D eigenvalue weighted by Gasteiger charge is -2.09. The van der Waals surface area contributed by atoms with Crippen LogP contribution in [0.2, 0.25) is 0 Å². The summed E-state index contributed by atoms with van der Waals surface area (Å²) in [6.45, 7) is 0. The van der Waals surface area contributed by atoms with Crippen molar-refractivity contribution in [1.82, 2.24) is 0 Å². The maximum absolute atomic E-state index is 12.9. The number of hydrogen-bond acceptors (Lipinski definition) is 2. The Bertz CT molecular complexity index is 291. The largest absolute Gasteiger partial charge is 0.494 e. The van der Waals surface area contributed by atoms with E-state index in [1.165, 1.54) is 25.3 Å². The zero-order valence-corrected chi connectivity index (χ0v) is 7.88. The molecule has 13 heavy (non-hydrogen) atoms. The minimum atomic E-state index is -0.781. The lowest BCUT2D eigenvalue weighted by Crippen LogP contribution is -1.99. The molecule has 0 aliphatic heterocycles. The summed E-state index contributed by atoms with van der Waals surface area (Å²) in [6, 6.07) is 4.15. The SMILES string of the molecule is COc1cc([C@H](O)CCl)ccc1F. The third-order valence-electron chi connectivity index (χ3n) is 1.71. The fraction of sp³-hybridized carbons (Fsp3) is 0.333. The number of rotatable bonds is 3. The molecule has 0 amide bonds. The summed E-state index contributed by atoms with van der Waals surface area (Å²) in [5.74, 6) is -0.260. The molecule has 72 valence electrons. The van der Waals surface area contributed by atoms with Gasteiger partial charge in [-0.15, -0.1) is 11.6 Å². The first kappa shape index (κ1) is 10.3. The van der Waals surface area contributed by atoms with Crippen molar-refractivity contribution < 1.29 is 14.2 Å². The van der Waals surface area contributed by atoms with Crippen LogP contribution in [0.3, 0.4) is 0 Å². The number of benzene rings is 1. The summed E-state index contributed by atoms with van der Waals surface area (Å²) in [5.41, 5.74) is 0.549. The molecule has 4 heteroatoms. The average molecular weight is 205 g/mol. The third kappa shape index (κ3) is 2.32. The lowest BCUT2D eigenvalue weighted by atomic mass is 10.1. The first-order valence-corrected chi connectivity index (χ1v) is 4.30. The Labute approximate surface area is 80.9 Å². The van der Waals surface area contributed by atoms with Crippen molar-refractivity contribution in [2.45, 2.75) is 6.10 Å². The lowest BCUT2D eigenvalue weighted by molar-refractivity contribution is 0.202. The predicted molar refractivity (Wildman–Crippen MR) is 48.6 cm³/mol. The molecule has 0 aliphatic rings. The zero-order chi connectivity index (χ0) is 9.84. The third-order valence-corrected chi connectivity index (χ3v) is 2.00. The van der Waals surface area contributed by atoms with Gasteiger partial charge in [-0.25, -0.2) is 4.39 Å². The maximum Gasteiger partial charge on any atom is 0.165 e. The van der Waals surface area contributed by atoms with Crippen LogP contribution in [-0.2, 0) is 0 Å². The second-order valence-corrected chi connectivity index (χ2v) is 2.87. The van der Waals surface area contributed by atoms with Gasteiger partial charge in [0.05, 0.1) is 19.1 Å². The first-order valence-electron chi connectivity index (χ1n) is 3.76. The van der Waals surface area contributed by atoms with Crippen molar-refractivity contribution in [2.24, 2.45) is 0 Å². The Morgan fingerprint density at radius 3 is 2.85 bits per heavy atom. The summed E-state index contributed by atoms with van der Waals surface area (Å²) in [5, 5.41) is 9.33. The zero-order valence-electron chi connectivity index (χ0n) is 7.13. The molecule has 1 rings (SSSR count). The normalized spacial score (nSPS) is 12.6. The summed E-state index contributed by atoms with van der Waals surface area (Å²) in [4.78, 5) is 0. The summed E-state index contributed by atoms with van der Waals surface area (Å²) in [6.07, 6.45) is -0.781. The van der Waals surface area contributed by atoms with Crippen LogP contribution in [0.5, 0.6) is 5.75 Å². The number of halogens is 2. The quantitative estimate of drug-likeness (QED) is 0.765. The fourth-order valence-electron chi connectivity index (χ4n) is 0.973. The molecule has 1 aromatic rings. The van der Waals surface area contributed by atoms with Crippen LogP contribution < -0.4 is 4.74 Å². The molecule has 1 aromatic carbocycles. The molecule has 0 saturated heterocycles. The van der Waals surface area contributed by atoms with Crippen LogP contribution in [0.15, 0.2) is 18.2 Å². The van der Waals surface area contributed by atoms with Crippen LogP contribution in [0.1, 0.15) is 11.7 Å². The molecule has 1 atom stereocenters. The second kappa shape index (κ2) is 4.44. The van der Waals surface area contributed by atoms with E-state index in [1.54, 1.807) is 0 Å². The molecule has 0 bridgehead atoms. The number of aliphatic hydroxyl groups excluding tert-OH is 1. The summed E-state index contributed by atoms with van der Waals surface area (Å²) >= 11 is 5.44. The van der Waals surface area contributed by atoms with Gasteiger partial charge in [0.25, 0.3) is 0 Å². The Morgan fingerprint density at radius 1 is 1.62 bits per heavy atom. The van der Waals surface area contributed by atoms with Gasteiger partial charge < -0.3 is 9.84 Å². The van der Waals surface area contributed by atoms with E-state index in [9.17, 15) is 9.50 Å². The van der Waals surface area contributed by atoms with Crippen molar-refractivity contribution in [3.05, 3.63) is 29.6 Å². The van der Waals surface area contributed by atoms with Gasteiger partial charge >= 0.3 is 0 Å². The topological polar surface area (TPSA) is 29.5 Å². The molecule has 0 fully saturated rings. The van der Waals surface area contributed by atoms with Gasteiger partial charge in [-0.1, -0.05) is 6.07 Å².